The zero-order chi connectivity index (χ0) is 15.0. The van der Waals surface area contributed by atoms with Gasteiger partial charge < -0.3 is 5.32 Å². The van der Waals surface area contributed by atoms with Crippen LogP contribution in [0.15, 0.2) is 61.5 Å². The number of aryl methyl sites for hydroxylation is 1. The minimum absolute atomic E-state index is 0.740. The second-order valence-corrected chi connectivity index (χ2v) is 5.01. The van der Waals surface area contributed by atoms with Gasteiger partial charge in [0.15, 0.2) is 0 Å². The first kappa shape index (κ1) is 16.3. The number of allylic oxidation sites excluding steroid dienone is 5. The van der Waals surface area contributed by atoms with Crippen LogP contribution in [0.3, 0.4) is 0 Å². The summed E-state index contributed by atoms with van der Waals surface area (Å²) in [5.74, 6) is 0. The molecule has 0 heterocycles. The van der Waals surface area contributed by atoms with Crippen molar-refractivity contribution >= 4 is 17.2 Å². The van der Waals surface area contributed by atoms with Gasteiger partial charge in [0.05, 0.1) is 0 Å². The van der Waals surface area contributed by atoms with Crippen LogP contribution in [0.4, 0.5) is 0 Å². The molecule has 0 fully saturated rings. The monoisotopic (exact) mass is 287 g/mol. The van der Waals surface area contributed by atoms with Gasteiger partial charge in [-0.15, -0.1) is 0 Å². The van der Waals surface area contributed by atoms with Crippen LogP contribution in [0.1, 0.15) is 30.9 Å². The molecule has 20 heavy (non-hydrogen) atoms. The molecular formula is C18H22ClN. The first-order valence-electron chi connectivity index (χ1n) is 6.79. The summed E-state index contributed by atoms with van der Waals surface area (Å²) < 4.78 is 0. The average molecular weight is 288 g/mol. The Bertz CT molecular complexity index is 538. The number of hydrogen-bond donors (Lipinski definition) is 1. The lowest BCUT2D eigenvalue weighted by molar-refractivity contribution is 0.840. The van der Waals surface area contributed by atoms with Crippen molar-refractivity contribution in [2.75, 3.05) is 0 Å². The fourth-order valence-corrected chi connectivity index (χ4v) is 2.15. The van der Waals surface area contributed by atoms with E-state index >= 15 is 0 Å². The largest absolute Gasteiger partial charge is 0.366 e. The molecule has 106 valence electrons. The normalized spacial score (nSPS) is 12.2. The van der Waals surface area contributed by atoms with Gasteiger partial charge in [-0.2, -0.15) is 0 Å². The standard InChI is InChI=1S/C18H22ClN/c1-5-8-16(20-7-3)11-10-15(6-2)17-13-14(4)9-12-18(17)19/h6-7,9-13,20H,2-3,5,8H2,1,4H3/b15-10+,16-11+. The van der Waals surface area contributed by atoms with Gasteiger partial charge >= 0.3 is 0 Å². The maximum Gasteiger partial charge on any atom is 0.0484 e. The Morgan fingerprint density at radius 2 is 2.05 bits per heavy atom. The Kier molecular flexibility index (Phi) is 6.89. The zero-order valence-corrected chi connectivity index (χ0v) is 13.0. The van der Waals surface area contributed by atoms with Gasteiger partial charge in [-0.05, 0) is 43.3 Å². The number of benzene rings is 1. The van der Waals surface area contributed by atoms with Gasteiger partial charge in [-0.3, -0.25) is 0 Å². The predicted octanol–water partition coefficient (Wildman–Crippen LogP) is 5.63. The number of halogens is 1. The molecule has 0 spiro atoms. The van der Waals surface area contributed by atoms with E-state index in [0.29, 0.717) is 0 Å². The lowest BCUT2D eigenvalue weighted by Crippen LogP contribution is -2.03. The lowest BCUT2D eigenvalue weighted by Gasteiger charge is -2.07. The van der Waals surface area contributed by atoms with E-state index in [1.807, 2.05) is 24.3 Å². The highest BCUT2D eigenvalue weighted by Crippen LogP contribution is 2.26. The summed E-state index contributed by atoms with van der Waals surface area (Å²) in [5.41, 5.74) is 4.33. The van der Waals surface area contributed by atoms with Crippen molar-refractivity contribution in [1.29, 1.82) is 0 Å². The van der Waals surface area contributed by atoms with Gasteiger partial charge in [0.1, 0.15) is 0 Å². The summed E-state index contributed by atoms with van der Waals surface area (Å²) in [5, 5.41) is 3.89. The average Bonchev–Trinajstić information content (AvgIpc) is 2.43. The number of rotatable bonds is 7. The smallest absolute Gasteiger partial charge is 0.0484 e. The maximum atomic E-state index is 6.27. The first-order chi connectivity index (χ1) is 9.62. The Hall–Kier alpha value is -1.73. The molecule has 0 aliphatic rings. The van der Waals surface area contributed by atoms with E-state index in [0.717, 1.165) is 34.7 Å². The first-order valence-corrected chi connectivity index (χ1v) is 7.17. The van der Waals surface area contributed by atoms with Crippen LogP contribution >= 0.6 is 11.6 Å². The third kappa shape index (κ3) is 4.75. The maximum absolute atomic E-state index is 6.27. The van der Waals surface area contributed by atoms with Crippen molar-refractivity contribution in [3.8, 4) is 0 Å². The molecule has 1 rings (SSSR count). The topological polar surface area (TPSA) is 12.0 Å². The Morgan fingerprint density at radius 3 is 2.65 bits per heavy atom. The molecule has 1 N–H and O–H groups in total. The minimum atomic E-state index is 0.740. The van der Waals surface area contributed by atoms with Crippen molar-refractivity contribution in [1.82, 2.24) is 5.32 Å². The molecule has 1 aromatic rings. The van der Waals surface area contributed by atoms with Gasteiger partial charge in [0.2, 0.25) is 0 Å². The van der Waals surface area contributed by atoms with Crippen molar-refractivity contribution in [3.05, 3.63) is 77.6 Å². The Balaban J connectivity index is 3.13. The molecule has 1 nitrogen and oxygen atoms in total. The van der Waals surface area contributed by atoms with Crippen LogP contribution in [-0.4, -0.2) is 0 Å². The summed E-state index contributed by atoms with van der Waals surface area (Å²) in [6.07, 6.45) is 9.68. The minimum Gasteiger partial charge on any atom is -0.366 e. The molecule has 0 saturated heterocycles. The van der Waals surface area contributed by atoms with Crippen LogP contribution in [0.5, 0.6) is 0 Å². The summed E-state index contributed by atoms with van der Waals surface area (Å²) in [6.45, 7) is 11.8. The van der Waals surface area contributed by atoms with E-state index in [9.17, 15) is 0 Å². The van der Waals surface area contributed by atoms with Gasteiger partial charge in [0.25, 0.3) is 0 Å². The second-order valence-electron chi connectivity index (χ2n) is 4.60. The molecular weight excluding hydrogens is 266 g/mol. The Labute approximate surface area is 127 Å². The van der Waals surface area contributed by atoms with Crippen LogP contribution in [0.2, 0.25) is 5.02 Å². The molecule has 2 heteroatoms. The molecule has 1 aromatic carbocycles. The summed E-state index contributed by atoms with van der Waals surface area (Å²) >= 11 is 6.27. The van der Waals surface area contributed by atoms with Crippen LogP contribution < -0.4 is 5.32 Å². The van der Waals surface area contributed by atoms with E-state index in [4.69, 9.17) is 11.6 Å². The van der Waals surface area contributed by atoms with Gasteiger partial charge in [0, 0.05) is 16.3 Å². The van der Waals surface area contributed by atoms with Crippen molar-refractivity contribution in [3.63, 3.8) is 0 Å². The van der Waals surface area contributed by atoms with Crippen LogP contribution in [0.25, 0.3) is 5.57 Å². The lowest BCUT2D eigenvalue weighted by atomic mass is 10.0. The molecule has 0 aliphatic heterocycles. The fourth-order valence-electron chi connectivity index (χ4n) is 1.92. The van der Waals surface area contributed by atoms with E-state index in [-0.39, 0.29) is 0 Å². The van der Waals surface area contributed by atoms with Gasteiger partial charge in [-0.1, -0.05) is 61.9 Å². The second kappa shape index (κ2) is 8.44. The molecule has 0 amide bonds. The number of nitrogens with one attached hydrogen (secondary N) is 1. The van der Waals surface area contributed by atoms with Crippen LogP contribution in [-0.2, 0) is 0 Å². The summed E-state index contributed by atoms with van der Waals surface area (Å²) in [6, 6.07) is 6.00. The van der Waals surface area contributed by atoms with Crippen LogP contribution in [0, 0.1) is 6.92 Å². The van der Waals surface area contributed by atoms with E-state index in [1.165, 1.54) is 5.56 Å². The zero-order valence-electron chi connectivity index (χ0n) is 12.2. The van der Waals surface area contributed by atoms with Crippen molar-refractivity contribution in [2.45, 2.75) is 26.7 Å². The molecule has 0 aliphatic carbocycles. The van der Waals surface area contributed by atoms with E-state index in [1.54, 1.807) is 6.20 Å². The summed E-state index contributed by atoms with van der Waals surface area (Å²) in [7, 11) is 0. The Morgan fingerprint density at radius 1 is 1.30 bits per heavy atom. The molecule has 0 bridgehead atoms. The highest BCUT2D eigenvalue weighted by Gasteiger charge is 2.03. The van der Waals surface area contributed by atoms with Crippen molar-refractivity contribution < 1.29 is 0 Å². The molecule has 0 unspecified atom stereocenters. The van der Waals surface area contributed by atoms with Crippen molar-refractivity contribution in [2.24, 2.45) is 0 Å². The van der Waals surface area contributed by atoms with Gasteiger partial charge in [-0.25, -0.2) is 0 Å². The number of hydrogen-bond acceptors (Lipinski definition) is 1. The van der Waals surface area contributed by atoms with E-state index in [2.05, 4.69) is 44.5 Å². The predicted molar refractivity (Wildman–Crippen MR) is 90.7 cm³/mol. The third-order valence-corrected chi connectivity index (χ3v) is 3.25. The molecule has 0 saturated carbocycles. The quantitative estimate of drug-likeness (QED) is 0.640. The fraction of sp³-hybridized carbons (Fsp3) is 0.222. The highest BCUT2D eigenvalue weighted by atomic mass is 35.5. The third-order valence-electron chi connectivity index (χ3n) is 2.92. The summed E-state index contributed by atoms with van der Waals surface area (Å²) in [4.78, 5) is 0. The molecule has 0 aromatic heterocycles. The molecule has 0 radical (unpaired) electrons. The highest BCUT2D eigenvalue weighted by molar-refractivity contribution is 6.32. The molecule has 0 atom stereocenters. The van der Waals surface area contributed by atoms with E-state index < -0.39 is 0 Å². The SMILES string of the molecule is C=CN/C(=C/C=C(\C=C)c1cc(C)ccc1Cl)CCC.